The molecule has 21 heavy (non-hydrogen) atoms. The first-order valence-electron chi connectivity index (χ1n) is 7.00. The third-order valence-electron chi connectivity index (χ3n) is 3.10. The predicted octanol–water partition coefficient (Wildman–Crippen LogP) is 3.53. The maximum Gasteiger partial charge on any atom is 0.263 e. The van der Waals surface area contributed by atoms with Crippen molar-refractivity contribution in [3.63, 3.8) is 0 Å². The Morgan fingerprint density at radius 3 is 2.48 bits per heavy atom. The quantitative estimate of drug-likeness (QED) is 0.913. The van der Waals surface area contributed by atoms with Gasteiger partial charge in [0.1, 0.15) is 11.6 Å². The number of aromatic nitrogens is 1. The standard InChI is InChI=1S/C17H20N2O2/c1-12(2)14-5-7-15(8-6-14)21-11-17(20)19-16-9-4-13(3)10-18-16/h4-10,12H,11H2,1-3H3,(H,18,19,20). The van der Waals surface area contributed by atoms with E-state index in [1.54, 1.807) is 12.3 Å². The van der Waals surface area contributed by atoms with Crippen molar-refractivity contribution in [2.24, 2.45) is 0 Å². The Morgan fingerprint density at radius 2 is 1.90 bits per heavy atom. The maximum absolute atomic E-state index is 11.8. The number of aryl methyl sites for hydroxylation is 1. The van der Waals surface area contributed by atoms with Crippen LogP contribution in [0, 0.1) is 6.92 Å². The van der Waals surface area contributed by atoms with Crippen LogP contribution in [0.1, 0.15) is 30.9 Å². The molecule has 1 N–H and O–H groups in total. The van der Waals surface area contributed by atoms with Gasteiger partial charge < -0.3 is 10.1 Å². The summed E-state index contributed by atoms with van der Waals surface area (Å²) in [6.07, 6.45) is 1.71. The molecule has 2 rings (SSSR count). The first kappa shape index (κ1) is 15.0. The van der Waals surface area contributed by atoms with E-state index in [1.807, 2.05) is 37.3 Å². The molecule has 0 bridgehead atoms. The van der Waals surface area contributed by atoms with Crippen LogP contribution in [0.25, 0.3) is 0 Å². The van der Waals surface area contributed by atoms with Crippen molar-refractivity contribution in [3.8, 4) is 5.75 Å². The number of nitrogens with zero attached hydrogens (tertiary/aromatic N) is 1. The van der Waals surface area contributed by atoms with Gasteiger partial charge in [-0.15, -0.1) is 0 Å². The summed E-state index contributed by atoms with van der Waals surface area (Å²) in [5, 5.41) is 2.69. The van der Waals surface area contributed by atoms with Gasteiger partial charge in [-0.1, -0.05) is 32.0 Å². The number of hydrogen-bond acceptors (Lipinski definition) is 3. The highest BCUT2D eigenvalue weighted by Gasteiger charge is 2.05. The second-order valence-electron chi connectivity index (χ2n) is 5.28. The highest BCUT2D eigenvalue weighted by molar-refractivity contribution is 5.90. The zero-order valence-corrected chi connectivity index (χ0v) is 12.6. The van der Waals surface area contributed by atoms with E-state index in [1.165, 1.54) is 5.56 Å². The van der Waals surface area contributed by atoms with Crippen LogP contribution in [-0.4, -0.2) is 17.5 Å². The molecule has 1 aromatic heterocycles. The molecule has 0 aliphatic heterocycles. The average Bonchev–Trinajstić information content (AvgIpc) is 2.48. The van der Waals surface area contributed by atoms with Gasteiger partial charge in [-0.2, -0.15) is 0 Å². The molecule has 0 spiro atoms. The van der Waals surface area contributed by atoms with E-state index in [0.717, 1.165) is 5.56 Å². The van der Waals surface area contributed by atoms with Crippen LogP contribution in [0.15, 0.2) is 42.6 Å². The Bertz CT molecular complexity index is 589. The SMILES string of the molecule is Cc1ccc(NC(=O)COc2ccc(C(C)C)cc2)nc1. The fourth-order valence-electron chi connectivity index (χ4n) is 1.82. The van der Waals surface area contributed by atoms with Crippen LogP contribution in [0.2, 0.25) is 0 Å². The molecule has 2 aromatic rings. The molecule has 0 saturated heterocycles. The molecular weight excluding hydrogens is 264 g/mol. The summed E-state index contributed by atoms with van der Waals surface area (Å²) >= 11 is 0. The largest absolute Gasteiger partial charge is 0.484 e. The number of amides is 1. The number of hydrogen-bond donors (Lipinski definition) is 1. The van der Waals surface area contributed by atoms with Gasteiger partial charge in [0, 0.05) is 6.20 Å². The number of rotatable bonds is 5. The van der Waals surface area contributed by atoms with Gasteiger partial charge in [0.15, 0.2) is 6.61 Å². The van der Waals surface area contributed by atoms with E-state index in [0.29, 0.717) is 17.5 Å². The van der Waals surface area contributed by atoms with E-state index in [2.05, 4.69) is 24.1 Å². The minimum Gasteiger partial charge on any atom is -0.484 e. The van der Waals surface area contributed by atoms with Crippen molar-refractivity contribution in [2.75, 3.05) is 11.9 Å². The molecule has 0 aliphatic carbocycles. The fourth-order valence-corrected chi connectivity index (χ4v) is 1.82. The molecule has 1 heterocycles. The molecule has 4 nitrogen and oxygen atoms in total. The number of ether oxygens (including phenoxy) is 1. The molecule has 0 radical (unpaired) electrons. The highest BCUT2D eigenvalue weighted by atomic mass is 16.5. The van der Waals surface area contributed by atoms with E-state index in [4.69, 9.17) is 4.74 Å². The Hall–Kier alpha value is -2.36. The predicted molar refractivity (Wildman–Crippen MR) is 83.6 cm³/mol. The van der Waals surface area contributed by atoms with Crippen molar-refractivity contribution >= 4 is 11.7 Å². The van der Waals surface area contributed by atoms with Crippen molar-refractivity contribution < 1.29 is 9.53 Å². The summed E-state index contributed by atoms with van der Waals surface area (Å²) in [5.41, 5.74) is 2.30. The monoisotopic (exact) mass is 284 g/mol. The third-order valence-corrected chi connectivity index (χ3v) is 3.10. The Balaban J connectivity index is 1.84. The van der Waals surface area contributed by atoms with E-state index in [-0.39, 0.29) is 12.5 Å². The van der Waals surface area contributed by atoms with Gasteiger partial charge in [0.05, 0.1) is 0 Å². The summed E-state index contributed by atoms with van der Waals surface area (Å²) in [6, 6.07) is 11.5. The highest BCUT2D eigenvalue weighted by Crippen LogP contribution is 2.18. The summed E-state index contributed by atoms with van der Waals surface area (Å²) in [6.45, 7) is 6.19. The van der Waals surface area contributed by atoms with Crippen LogP contribution in [0.3, 0.4) is 0 Å². The van der Waals surface area contributed by atoms with E-state index >= 15 is 0 Å². The summed E-state index contributed by atoms with van der Waals surface area (Å²) < 4.78 is 5.46. The zero-order valence-electron chi connectivity index (χ0n) is 12.6. The second kappa shape index (κ2) is 6.88. The van der Waals surface area contributed by atoms with Crippen LogP contribution in [0.5, 0.6) is 5.75 Å². The summed E-state index contributed by atoms with van der Waals surface area (Å²) in [5.74, 6) is 1.48. The van der Waals surface area contributed by atoms with Crippen molar-refractivity contribution in [1.29, 1.82) is 0 Å². The van der Waals surface area contributed by atoms with Crippen molar-refractivity contribution in [1.82, 2.24) is 4.98 Å². The Morgan fingerprint density at radius 1 is 1.19 bits per heavy atom. The van der Waals surface area contributed by atoms with Crippen LogP contribution in [0.4, 0.5) is 5.82 Å². The molecule has 1 amide bonds. The Labute approximate surface area is 125 Å². The van der Waals surface area contributed by atoms with Gasteiger partial charge in [-0.25, -0.2) is 4.98 Å². The second-order valence-corrected chi connectivity index (χ2v) is 5.28. The van der Waals surface area contributed by atoms with Gasteiger partial charge in [-0.3, -0.25) is 4.79 Å². The van der Waals surface area contributed by atoms with Gasteiger partial charge in [0.25, 0.3) is 5.91 Å². The molecule has 4 heteroatoms. The number of nitrogens with one attached hydrogen (secondary N) is 1. The lowest BCUT2D eigenvalue weighted by atomic mass is 10.0. The molecule has 0 unspecified atom stereocenters. The van der Waals surface area contributed by atoms with E-state index < -0.39 is 0 Å². The van der Waals surface area contributed by atoms with Gasteiger partial charge in [-0.05, 0) is 42.2 Å². The molecule has 0 aliphatic rings. The topological polar surface area (TPSA) is 51.2 Å². The molecule has 0 atom stereocenters. The Kier molecular flexibility index (Phi) is 4.93. The van der Waals surface area contributed by atoms with Crippen LogP contribution < -0.4 is 10.1 Å². The fraction of sp³-hybridized carbons (Fsp3) is 0.294. The summed E-state index contributed by atoms with van der Waals surface area (Å²) in [4.78, 5) is 15.9. The van der Waals surface area contributed by atoms with Crippen LogP contribution in [-0.2, 0) is 4.79 Å². The lowest BCUT2D eigenvalue weighted by Gasteiger charge is -2.09. The molecule has 1 aromatic carbocycles. The molecule has 0 saturated carbocycles. The minimum absolute atomic E-state index is 0.0312. The van der Waals surface area contributed by atoms with Gasteiger partial charge in [0.2, 0.25) is 0 Å². The third kappa shape index (κ3) is 4.60. The number of anilines is 1. The number of pyridine rings is 1. The molecular formula is C17H20N2O2. The smallest absolute Gasteiger partial charge is 0.263 e. The number of carbonyl (C=O) groups is 1. The normalized spacial score (nSPS) is 10.5. The first-order chi connectivity index (χ1) is 10.0. The van der Waals surface area contributed by atoms with Crippen LogP contribution >= 0.6 is 0 Å². The summed E-state index contributed by atoms with van der Waals surface area (Å²) in [7, 11) is 0. The number of carbonyl (C=O) groups excluding carboxylic acids is 1. The van der Waals surface area contributed by atoms with Crippen molar-refractivity contribution in [3.05, 3.63) is 53.7 Å². The lowest BCUT2D eigenvalue weighted by molar-refractivity contribution is -0.118. The lowest BCUT2D eigenvalue weighted by Crippen LogP contribution is -2.20. The molecule has 110 valence electrons. The van der Waals surface area contributed by atoms with E-state index in [9.17, 15) is 4.79 Å². The maximum atomic E-state index is 11.8. The number of benzene rings is 1. The van der Waals surface area contributed by atoms with Crippen molar-refractivity contribution in [2.45, 2.75) is 26.7 Å². The molecule has 0 fully saturated rings. The zero-order chi connectivity index (χ0) is 15.2. The minimum atomic E-state index is -0.223. The average molecular weight is 284 g/mol. The van der Waals surface area contributed by atoms with Gasteiger partial charge >= 0.3 is 0 Å². The first-order valence-corrected chi connectivity index (χ1v) is 7.00.